The van der Waals surface area contributed by atoms with Crippen molar-refractivity contribution in [2.45, 2.75) is 44.6 Å². The minimum atomic E-state index is -0.753. The quantitative estimate of drug-likeness (QED) is 0.369. The standard InChI is InChI=1S/C23H33NO4/c25-21-15-20(16-22(26)17-21)23(27)18-24-12-6-2-7-13-28-14-8-5-11-19-9-3-1-4-10-19/h1,3-4,9-10,15-17,23-27H,2,5-8,11-14,18H2. The van der Waals surface area contributed by atoms with Gasteiger partial charge in [0, 0.05) is 25.8 Å². The summed E-state index contributed by atoms with van der Waals surface area (Å²) in [5.41, 5.74) is 1.90. The van der Waals surface area contributed by atoms with Gasteiger partial charge in [-0.15, -0.1) is 0 Å². The van der Waals surface area contributed by atoms with Crippen molar-refractivity contribution in [3.05, 3.63) is 59.7 Å². The topological polar surface area (TPSA) is 82.0 Å². The number of hydrogen-bond acceptors (Lipinski definition) is 5. The first-order chi connectivity index (χ1) is 13.6. The zero-order valence-corrected chi connectivity index (χ0v) is 16.5. The van der Waals surface area contributed by atoms with E-state index in [1.165, 1.54) is 23.8 Å². The lowest BCUT2D eigenvalue weighted by Gasteiger charge is -2.13. The van der Waals surface area contributed by atoms with E-state index in [0.717, 1.165) is 58.3 Å². The summed E-state index contributed by atoms with van der Waals surface area (Å²) < 4.78 is 5.69. The fraction of sp³-hybridized carbons (Fsp3) is 0.478. The summed E-state index contributed by atoms with van der Waals surface area (Å²) in [6.07, 6.45) is 5.77. The third-order valence-electron chi connectivity index (χ3n) is 4.64. The van der Waals surface area contributed by atoms with Crippen LogP contribution in [0.25, 0.3) is 0 Å². The molecule has 154 valence electrons. The average Bonchev–Trinajstić information content (AvgIpc) is 2.68. The molecule has 0 aliphatic rings. The Labute approximate surface area is 168 Å². The average molecular weight is 388 g/mol. The second-order valence-corrected chi connectivity index (χ2v) is 7.12. The van der Waals surface area contributed by atoms with Crippen molar-refractivity contribution in [2.75, 3.05) is 26.3 Å². The first-order valence-electron chi connectivity index (χ1n) is 10.2. The predicted molar refractivity (Wildman–Crippen MR) is 112 cm³/mol. The largest absolute Gasteiger partial charge is 0.508 e. The molecule has 2 rings (SSSR count). The van der Waals surface area contributed by atoms with Gasteiger partial charge in [0.05, 0.1) is 6.10 Å². The summed E-state index contributed by atoms with van der Waals surface area (Å²) in [5.74, 6) is -0.0942. The minimum absolute atomic E-state index is 0.0471. The van der Waals surface area contributed by atoms with Gasteiger partial charge < -0.3 is 25.4 Å². The van der Waals surface area contributed by atoms with Crippen molar-refractivity contribution < 1.29 is 20.1 Å². The summed E-state index contributed by atoms with van der Waals surface area (Å²) in [5, 5.41) is 32.2. The fourth-order valence-corrected chi connectivity index (χ4v) is 3.08. The molecule has 0 bridgehead atoms. The molecule has 5 nitrogen and oxygen atoms in total. The highest BCUT2D eigenvalue weighted by atomic mass is 16.5. The Kier molecular flexibility index (Phi) is 10.4. The number of phenols is 2. The Bertz CT molecular complexity index is 643. The van der Waals surface area contributed by atoms with Crippen molar-refractivity contribution >= 4 is 0 Å². The second kappa shape index (κ2) is 13.2. The maximum atomic E-state index is 10.1. The van der Waals surface area contributed by atoms with E-state index in [1.54, 1.807) is 0 Å². The number of aryl methyl sites for hydroxylation is 1. The lowest BCUT2D eigenvalue weighted by molar-refractivity contribution is 0.126. The molecule has 0 aliphatic carbocycles. The summed E-state index contributed by atoms with van der Waals surface area (Å²) in [7, 11) is 0. The molecule has 0 amide bonds. The lowest BCUT2D eigenvalue weighted by atomic mass is 10.1. The molecule has 0 aromatic heterocycles. The molecule has 0 aliphatic heterocycles. The van der Waals surface area contributed by atoms with Crippen LogP contribution in [0.1, 0.15) is 49.3 Å². The minimum Gasteiger partial charge on any atom is -0.508 e. The van der Waals surface area contributed by atoms with Crippen LogP contribution in [0.2, 0.25) is 0 Å². The predicted octanol–water partition coefficient (Wildman–Crippen LogP) is 3.93. The van der Waals surface area contributed by atoms with Gasteiger partial charge in [-0.25, -0.2) is 0 Å². The summed E-state index contributed by atoms with van der Waals surface area (Å²) in [4.78, 5) is 0. The summed E-state index contributed by atoms with van der Waals surface area (Å²) in [6, 6.07) is 14.7. The van der Waals surface area contributed by atoms with Crippen LogP contribution < -0.4 is 5.32 Å². The van der Waals surface area contributed by atoms with E-state index in [4.69, 9.17) is 4.74 Å². The number of unbranched alkanes of at least 4 members (excludes halogenated alkanes) is 3. The van der Waals surface area contributed by atoms with E-state index < -0.39 is 6.10 Å². The Balaban J connectivity index is 1.39. The molecule has 2 aromatic rings. The maximum Gasteiger partial charge on any atom is 0.119 e. The number of hydrogen-bond donors (Lipinski definition) is 4. The highest BCUT2D eigenvalue weighted by molar-refractivity contribution is 5.37. The van der Waals surface area contributed by atoms with Gasteiger partial charge in [-0.3, -0.25) is 0 Å². The van der Waals surface area contributed by atoms with Crippen LogP contribution in [0, 0.1) is 0 Å². The van der Waals surface area contributed by atoms with Gasteiger partial charge >= 0.3 is 0 Å². The summed E-state index contributed by atoms with van der Waals surface area (Å²) >= 11 is 0. The normalized spacial score (nSPS) is 12.2. The number of aromatic hydroxyl groups is 2. The first kappa shape index (κ1) is 22.2. The van der Waals surface area contributed by atoms with Crippen LogP contribution in [-0.2, 0) is 11.2 Å². The van der Waals surface area contributed by atoms with Crippen LogP contribution >= 0.6 is 0 Å². The number of ether oxygens (including phenoxy) is 1. The van der Waals surface area contributed by atoms with Crippen LogP contribution in [0.15, 0.2) is 48.5 Å². The van der Waals surface area contributed by atoms with Gasteiger partial charge in [0.25, 0.3) is 0 Å². The second-order valence-electron chi connectivity index (χ2n) is 7.12. The first-order valence-corrected chi connectivity index (χ1v) is 10.2. The van der Waals surface area contributed by atoms with Crippen LogP contribution in [0.4, 0.5) is 0 Å². The summed E-state index contributed by atoms with van der Waals surface area (Å²) in [6.45, 7) is 2.84. The molecule has 5 heteroatoms. The number of phenolic OH excluding ortho intramolecular Hbond substituents is 2. The molecule has 2 aromatic carbocycles. The zero-order valence-electron chi connectivity index (χ0n) is 16.5. The van der Waals surface area contributed by atoms with E-state index in [2.05, 4.69) is 29.6 Å². The smallest absolute Gasteiger partial charge is 0.119 e. The van der Waals surface area contributed by atoms with Crippen molar-refractivity contribution in [2.24, 2.45) is 0 Å². The number of nitrogens with one attached hydrogen (secondary N) is 1. The van der Waals surface area contributed by atoms with Crippen molar-refractivity contribution in [1.29, 1.82) is 0 Å². The lowest BCUT2D eigenvalue weighted by Crippen LogP contribution is -2.22. The van der Waals surface area contributed by atoms with Gasteiger partial charge in [0.15, 0.2) is 0 Å². The SMILES string of the molecule is Oc1cc(O)cc(C(O)CNCCCCCOCCCCc2ccccc2)c1. The third-order valence-corrected chi connectivity index (χ3v) is 4.64. The van der Waals surface area contributed by atoms with E-state index >= 15 is 0 Å². The Morgan fingerprint density at radius 2 is 1.50 bits per heavy atom. The highest BCUT2D eigenvalue weighted by Gasteiger charge is 2.09. The molecule has 4 N–H and O–H groups in total. The van der Waals surface area contributed by atoms with E-state index in [1.807, 2.05) is 6.07 Å². The third kappa shape index (κ3) is 9.22. The monoisotopic (exact) mass is 387 g/mol. The molecule has 28 heavy (non-hydrogen) atoms. The molecule has 0 radical (unpaired) electrons. The molecule has 0 saturated heterocycles. The van der Waals surface area contributed by atoms with Gasteiger partial charge in [0.1, 0.15) is 11.5 Å². The van der Waals surface area contributed by atoms with Gasteiger partial charge in [-0.1, -0.05) is 30.3 Å². The number of benzene rings is 2. The van der Waals surface area contributed by atoms with Crippen LogP contribution in [0.3, 0.4) is 0 Å². The van der Waals surface area contributed by atoms with Crippen molar-refractivity contribution in [1.82, 2.24) is 5.32 Å². The molecular formula is C23H33NO4. The Hall–Kier alpha value is -2.08. The van der Waals surface area contributed by atoms with E-state index in [9.17, 15) is 15.3 Å². The zero-order chi connectivity index (χ0) is 20.0. The molecule has 0 spiro atoms. The molecule has 1 atom stereocenters. The molecule has 0 fully saturated rings. The highest BCUT2D eigenvalue weighted by Crippen LogP contribution is 2.24. The Morgan fingerprint density at radius 3 is 2.21 bits per heavy atom. The van der Waals surface area contributed by atoms with Gasteiger partial charge in [0.2, 0.25) is 0 Å². The van der Waals surface area contributed by atoms with E-state index in [0.29, 0.717) is 12.1 Å². The van der Waals surface area contributed by atoms with Crippen LogP contribution in [-0.4, -0.2) is 41.6 Å². The fourth-order valence-electron chi connectivity index (χ4n) is 3.08. The molecule has 0 heterocycles. The number of aliphatic hydroxyl groups excluding tert-OH is 1. The number of aliphatic hydroxyl groups is 1. The van der Waals surface area contributed by atoms with Crippen LogP contribution in [0.5, 0.6) is 11.5 Å². The maximum absolute atomic E-state index is 10.1. The molecular weight excluding hydrogens is 354 g/mol. The number of rotatable bonds is 14. The Morgan fingerprint density at radius 1 is 0.821 bits per heavy atom. The van der Waals surface area contributed by atoms with Crippen molar-refractivity contribution in [3.8, 4) is 11.5 Å². The van der Waals surface area contributed by atoms with E-state index in [-0.39, 0.29) is 11.5 Å². The molecule has 1 unspecified atom stereocenters. The van der Waals surface area contributed by atoms with Crippen molar-refractivity contribution in [3.63, 3.8) is 0 Å². The molecule has 0 saturated carbocycles. The van der Waals surface area contributed by atoms with Gasteiger partial charge in [-0.2, -0.15) is 0 Å². The van der Waals surface area contributed by atoms with Gasteiger partial charge in [-0.05, 0) is 68.3 Å².